The van der Waals surface area contributed by atoms with Crippen LogP contribution in [0.2, 0.25) is 0 Å². The molecule has 0 aliphatic heterocycles. The SMILES string of the molecule is CCc1cccc(C)c1N(CCNC(=O)Cc1ccc(OC)c(OC)c1)C(C)=O. The molecule has 6 heteroatoms. The van der Waals surface area contributed by atoms with E-state index in [0.29, 0.717) is 24.6 Å². The van der Waals surface area contributed by atoms with Crippen LogP contribution in [0.4, 0.5) is 5.69 Å². The number of rotatable bonds is 9. The third kappa shape index (κ3) is 5.73. The van der Waals surface area contributed by atoms with Crippen LogP contribution in [0.25, 0.3) is 0 Å². The van der Waals surface area contributed by atoms with Crippen LogP contribution >= 0.6 is 0 Å². The normalized spacial score (nSPS) is 10.4. The third-order valence-electron chi connectivity index (χ3n) is 4.82. The van der Waals surface area contributed by atoms with Crippen molar-refractivity contribution in [3.8, 4) is 11.5 Å². The van der Waals surface area contributed by atoms with Crippen molar-refractivity contribution in [3.63, 3.8) is 0 Å². The maximum atomic E-state index is 12.4. The van der Waals surface area contributed by atoms with Crippen LogP contribution in [-0.2, 0) is 22.4 Å². The number of nitrogens with zero attached hydrogens (tertiary/aromatic N) is 1. The minimum absolute atomic E-state index is 0.0388. The second kappa shape index (κ2) is 10.5. The summed E-state index contributed by atoms with van der Waals surface area (Å²) in [6, 6.07) is 11.4. The Morgan fingerprint density at radius 2 is 1.79 bits per heavy atom. The number of aryl methyl sites for hydroxylation is 2. The lowest BCUT2D eigenvalue weighted by molar-refractivity contribution is -0.121. The highest BCUT2D eigenvalue weighted by molar-refractivity contribution is 5.93. The van der Waals surface area contributed by atoms with E-state index in [-0.39, 0.29) is 18.2 Å². The number of carbonyl (C=O) groups excluding carboxylic acids is 2. The number of para-hydroxylation sites is 1. The average molecular weight is 399 g/mol. The van der Waals surface area contributed by atoms with Crippen LogP contribution in [0.5, 0.6) is 11.5 Å². The highest BCUT2D eigenvalue weighted by Crippen LogP contribution is 2.28. The Bertz CT molecular complexity index is 864. The van der Waals surface area contributed by atoms with Gasteiger partial charge >= 0.3 is 0 Å². The number of hydrogen-bond donors (Lipinski definition) is 1. The van der Waals surface area contributed by atoms with E-state index in [9.17, 15) is 9.59 Å². The molecule has 0 spiro atoms. The molecule has 2 aromatic carbocycles. The first-order chi connectivity index (χ1) is 13.9. The van der Waals surface area contributed by atoms with E-state index < -0.39 is 0 Å². The maximum Gasteiger partial charge on any atom is 0.224 e. The van der Waals surface area contributed by atoms with Gasteiger partial charge in [-0.2, -0.15) is 0 Å². The Kier molecular flexibility index (Phi) is 8.07. The summed E-state index contributed by atoms with van der Waals surface area (Å²) in [7, 11) is 3.14. The zero-order chi connectivity index (χ0) is 21.4. The predicted molar refractivity (Wildman–Crippen MR) is 115 cm³/mol. The Morgan fingerprint density at radius 3 is 2.41 bits per heavy atom. The maximum absolute atomic E-state index is 12.4. The van der Waals surface area contributed by atoms with Crippen molar-refractivity contribution in [1.82, 2.24) is 5.32 Å². The van der Waals surface area contributed by atoms with Crippen molar-refractivity contribution in [3.05, 3.63) is 53.1 Å². The summed E-state index contributed by atoms with van der Waals surface area (Å²) >= 11 is 0. The highest BCUT2D eigenvalue weighted by atomic mass is 16.5. The lowest BCUT2D eigenvalue weighted by atomic mass is 10.0. The standard InChI is InChI=1S/C23H30N2O4/c1-6-19-9-7-8-16(2)23(19)25(17(3)26)13-12-24-22(27)15-18-10-11-20(28-4)21(14-18)29-5/h7-11,14H,6,12-13,15H2,1-5H3,(H,24,27). The summed E-state index contributed by atoms with van der Waals surface area (Å²) in [6.07, 6.45) is 1.07. The molecule has 2 rings (SSSR count). The molecule has 0 atom stereocenters. The number of amides is 2. The molecule has 2 amide bonds. The fraction of sp³-hybridized carbons (Fsp3) is 0.391. The summed E-state index contributed by atoms with van der Waals surface area (Å²) in [4.78, 5) is 26.3. The quantitative estimate of drug-likeness (QED) is 0.704. The van der Waals surface area contributed by atoms with Gasteiger partial charge in [-0.3, -0.25) is 9.59 Å². The van der Waals surface area contributed by atoms with E-state index in [4.69, 9.17) is 9.47 Å². The molecule has 0 aliphatic rings. The number of anilines is 1. The Hall–Kier alpha value is -3.02. The monoisotopic (exact) mass is 398 g/mol. The van der Waals surface area contributed by atoms with Crippen LogP contribution in [0.15, 0.2) is 36.4 Å². The van der Waals surface area contributed by atoms with Gasteiger partial charge in [-0.15, -0.1) is 0 Å². The molecule has 0 fully saturated rings. The molecule has 0 aromatic heterocycles. The van der Waals surface area contributed by atoms with E-state index >= 15 is 0 Å². The van der Waals surface area contributed by atoms with Gasteiger partial charge in [0.25, 0.3) is 0 Å². The minimum Gasteiger partial charge on any atom is -0.493 e. The molecule has 0 heterocycles. The molecule has 0 radical (unpaired) electrons. The van der Waals surface area contributed by atoms with Crippen molar-refractivity contribution >= 4 is 17.5 Å². The lowest BCUT2D eigenvalue weighted by Crippen LogP contribution is -2.38. The first-order valence-electron chi connectivity index (χ1n) is 9.75. The molecule has 0 unspecified atom stereocenters. The molecule has 0 saturated carbocycles. The van der Waals surface area contributed by atoms with Gasteiger partial charge in [-0.25, -0.2) is 0 Å². The van der Waals surface area contributed by atoms with Crippen molar-refractivity contribution in [2.24, 2.45) is 0 Å². The van der Waals surface area contributed by atoms with Gasteiger partial charge in [0.05, 0.1) is 20.6 Å². The van der Waals surface area contributed by atoms with E-state index in [1.165, 1.54) is 0 Å². The van der Waals surface area contributed by atoms with Crippen molar-refractivity contribution in [2.75, 3.05) is 32.2 Å². The smallest absolute Gasteiger partial charge is 0.224 e. The summed E-state index contributed by atoms with van der Waals surface area (Å²) in [5, 5.41) is 2.90. The Labute approximate surface area is 172 Å². The van der Waals surface area contributed by atoms with E-state index in [1.807, 2.05) is 31.2 Å². The minimum atomic E-state index is -0.110. The van der Waals surface area contributed by atoms with Gasteiger partial charge < -0.3 is 19.7 Å². The second-order valence-electron chi connectivity index (χ2n) is 6.82. The van der Waals surface area contributed by atoms with Crippen molar-refractivity contribution < 1.29 is 19.1 Å². The number of methoxy groups -OCH3 is 2. The summed E-state index contributed by atoms with van der Waals surface area (Å²) in [6.45, 7) is 6.42. The third-order valence-corrected chi connectivity index (χ3v) is 4.82. The Balaban J connectivity index is 2.00. The highest BCUT2D eigenvalue weighted by Gasteiger charge is 2.17. The summed E-state index contributed by atoms with van der Waals surface area (Å²) in [5.74, 6) is 1.07. The van der Waals surface area contributed by atoms with Crippen LogP contribution < -0.4 is 19.7 Å². The van der Waals surface area contributed by atoms with Gasteiger partial charge in [0.1, 0.15) is 0 Å². The second-order valence-corrected chi connectivity index (χ2v) is 6.82. The van der Waals surface area contributed by atoms with E-state index in [1.54, 1.807) is 38.2 Å². The molecule has 0 bridgehead atoms. The summed E-state index contributed by atoms with van der Waals surface area (Å²) < 4.78 is 10.5. The van der Waals surface area contributed by atoms with Crippen LogP contribution in [-0.4, -0.2) is 39.1 Å². The topological polar surface area (TPSA) is 67.9 Å². The molecular weight excluding hydrogens is 368 g/mol. The zero-order valence-corrected chi connectivity index (χ0v) is 17.9. The molecule has 156 valence electrons. The molecule has 0 aliphatic carbocycles. The van der Waals surface area contributed by atoms with Gasteiger partial charge in [-0.1, -0.05) is 31.2 Å². The summed E-state index contributed by atoms with van der Waals surface area (Å²) in [5.41, 5.74) is 3.94. The van der Waals surface area contributed by atoms with Gasteiger partial charge in [0, 0.05) is 25.7 Å². The van der Waals surface area contributed by atoms with Crippen LogP contribution in [0.3, 0.4) is 0 Å². The van der Waals surface area contributed by atoms with E-state index in [2.05, 4.69) is 12.2 Å². The molecular formula is C23H30N2O4. The molecule has 2 aromatic rings. The fourth-order valence-corrected chi connectivity index (χ4v) is 3.36. The predicted octanol–water partition coefficient (Wildman–Crippen LogP) is 3.29. The van der Waals surface area contributed by atoms with E-state index in [0.717, 1.165) is 28.8 Å². The van der Waals surface area contributed by atoms with Crippen LogP contribution in [0.1, 0.15) is 30.5 Å². The first kappa shape index (κ1) is 22.3. The largest absolute Gasteiger partial charge is 0.493 e. The molecule has 6 nitrogen and oxygen atoms in total. The van der Waals surface area contributed by atoms with Gasteiger partial charge in [-0.05, 0) is 42.2 Å². The number of carbonyl (C=O) groups is 2. The lowest BCUT2D eigenvalue weighted by Gasteiger charge is -2.26. The number of nitrogens with one attached hydrogen (secondary N) is 1. The van der Waals surface area contributed by atoms with Gasteiger partial charge in [0.2, 0.25) is 11.8 Å². The average Bonchev–Trinajstić information content (AvgIpc) is 2.71. The first-order valence-corrected chi connectivity index (χ1v) is 9.75. The molecule has 0 saturated heterocycles. The molecule has 1 N–H and O–H groups in total. The zero-order valence-electron chi connectivity index (χ0n) is 17.9. The van der Waals surface area contributed by atoms with Crippen molar-refractivity contribution in [2.45, 2.75) is 33.6 Å². The fourth-order valence-electron chi connectivity index (χ4n) is 3.36. The van der Waals surface area contributed by atoms with Gasteiger partial charge in [0.15, 0.2) is 11.5 Å². The number of hydrogen-bond acceptors (Lipinski definition) is 4. The molecule has 29 heavy (non-hydrogen) atoms. The van der Waals surface area contributed by atoms with Crippen LogP contribution in [0, 0.1) is 6.92 Å². The number of ether oxygens (including phenoxy) is 2. The number of benzene rings is 2. The van der Waals surface area contributed by atoms with Crippen molar-refractivity contribution in [1.29, 1.82) is 0 Å². The Morgan fingerprint density at radius 1 is 1.07 bits per heavy atom.